The molecule has 2 aromatic rings. The molecule has 4 N–H and O–H groups in total. The van der Waals surface area contributed by atoms with Gasteiger partial charge in [0, 0.05) is 6.20 Å². The first-order valence-corrected chi connectivity index (χ1v) is 5.87. The van der Waals surface area contributed by atoms with Gasteiger partial charge in [-0.15, -0.1) is 0 Å². The molecular formula is C9H7BrN4OS. The van der Waals surface area contributed by atoms with Gasteiger partial charge in [-0.2, -0.15) is 0 Å². The second-order valence-electron chi connectivity index (χ2n) is 2.94. The number of aromatic nitrogens is 2. The molecule has 7 heteroatoms. The molecule has 0 unspecified atom stereocenters. The summed E-state index contributed by atoms with van der Waals surface area (Å²) in [6, 6.07) is 3.34. The van der Waals surface area contributed by atoms with Crippen molar-refractivity contribution in [2.45, 2.75) is 0 Å². The molecule has 0 atom stereocenters. The largest absolute Gasteiger partial charge is 0.382 e. The highest BCUT2D eigenvalue weighted by molar-refractivity contribution is 9.10. The van der Waals surface area contributed by atoms with Crippen LogP contribution < -0.4 is 11.5 Å². The Balaban J connectivity index is 2.47. The van der Waals surface area contributed by atoms with Crippen LogP contribution in [0.15, 0.2) is 22.9 Å². The van der Waals surface area contributed by atoms with Crippen LogP contribution in [0.25, 0.3) is 0 Å². The van der Waals surface area contributed by atoms with Crippen molar-refractivity contribution in [3.05, 3.63) is 33.4 Å². The molecule has 0 saturated heterocycles. The average molecular weight is 299 g/mol. The number of nitrogens with zero attached hydrogens (tertiary/aromatic N) is 2. The SMILES string of the molecule is Nc1nc(N)c(C(=O)c2cccnc2Br)s1. The van der Waals surface area contributed by atoms with Crippen molar-refractivity contribution < 1.29 is 4.79 Å². The number of hydrogen-bond donors (Lipinski definition) is 2. The number of ketones is 1. The smallest absolute Gasteiger partial charge is 0.209 e. The zero-order valence-electron chi connectivity index (χ0n) is 7.98. The minimum atomic E-state index is -0.230. The fourth-order valence-corrected chi connectivity index (χ4v) is 2.33. The summed E-state index contributed by atoms with van der Waals surface area (Å²) in [5.41, 5.74) is 11.5. The molecule has 5 nitrogen and oxygen atoms in total. The molecule has 0 saturated carbocycles. The molecule has 0 aliphatic heterocycles. The molecule has 0 aromatic carbocycles. The lowest BCUT2D eigenvalue weighted by Crippen LogP contribution is -2.04. The number of carbonyl (C=O) groups is 1. The standard InChI is InChI=1S/C9H7BrN4OS/c10-7-4(2-1-3-13-7)5(15)6-8(11)14-9(12)16-6/h1-3H,11H2,(H2,12,14). The van der Waals surface area contributed by atoms with Crippen molar-refractivity contribution >= 4 is 44.0 Å². The van der Waals surface area contributed by atoms with Gasteiger partial charge in [0.15, 0.2) is 5.13 Å². The van der Waals surface area contributed by atoms with Crippen molar-refractivity contribution in [3.63, 3.8) is 0 Å². The molecule has 2 aromatic heterocycles. The first-order chi connectivity index (χ1) is 7.59. The Kier molecular flexibility index (Phi) is 2.88. The number of hydrogen-bond acceptors (Lipinski definition) is 6. The lowest BCUT2D eigenvalue weighted by atomic mass is 10.1. The van der Waals surface area contributed by atoms with Crippen LogP contribution in [0.1, 0.15) is 15.2 Å². The maximum Gasteiger partial charge on any atom is 0.209 e. The van der Waals surface area contributed by atoms with Gasteiger partial charge in [0.2, 0.25) is 5.78 Å². The number of halogens is 1. The van der Waals surface area contributed by atoms with Crippen molar-refractivity contribution in [2.75, 3.05) is 11.5 Å². The van der Waals surface area contributed by atoms with Gasteiger partial charge in [0.05, 0.1) is 5.56 Å². The number of nitrogens with two attached hydrogens (primary N) is 2. The molecule has 0 aliphatic rings. The van der Waals surface area contributed by atoms with Gasteiger partial charge in [0.1, 0.15) is 15.3 Å². The molecule has 0 aliphatic carbocycles. The predicted octanol–water partition coefficient (Wildman–Crippen LogP) is 1.70. The van der Waals surface area contributed by atoms with Crippen LogP contribution >= 0.6 is 27.3 Å². The van der Waals surface area contributed by atoms with E-state index in [2.05, 4.69) is 25.9 Å². The maximum absolute atomic E-state index is 12.1. The van der Waals surface area contributed by atoms with Gasteiger partial charge in [-0.1, -0.05) is 11.3 Å². The number of thiazole rings is 1. The summed E-state index contributed by atoms with van der Waals surface area (Å²) in [4.78, 5) is 20.2. The van der Waals surface area contributed by atoms with E-state index in [9.17, 15) is 4.79 Å². The maximum atomic E-state index is 12.1. The Morgan fingerprint density at radius 2 is 2.19 bits per heavy atom. The predicted molar refractivity (Wildman–Crippen MR) is 66.3 cm³/mol. The number of carbonyl (C=O) groups excluding carboxylic acids is 1. The van der Waals surface area contributed by atoms with Gasteiger partial charge in [-0.3, -0.25) is 4.79 Å². The van der Waals surface area contributed by atoms with Crippen LogP contribution in [0.4, 0.5) is 10.9 Å². The van der Waals surface area contributed by atoms with Crippen molar-refractivity contribution in [2.24, 2.45) is 0 Å². The Morgan fingerprint density at radius 3 is 2.75 bits per heavy atom. The van der Waals surface area contributed by atoms with Gasteiger partial charge in [-0.25, -0.2) is 9.97 Å². The van der Waals surface area contributed by atoms with Crippen LogP contribution in [0, 0.1) is 0 Å². The third-order valence-electron chi connectivity index (χ3n) is 1.88. The lowest BCUT2D eigenvalue weighted by Gasteiger charge is -2.00. The number of pyridine rings is 1. The molecule has 82 valence electrons. The molecule has 0 fully saturated rings. The van der Waals surface area contributed by atoms with E-state index >= 15 is 0 Å². The molecule has 0 spiro atoms. The summed E-state index contributed by atoms with van der Waals surface area (Å²) in [5.74, 6) is -0.0741. The van der Waals surface area contributed by atoms with E-state index in [0.717, 1.165) is 11.3 Å². The van der Waals surface area contributed by atoms with Gasteiger partial charge < -0.3 is 11.5 Å². The summed E-state index contributed by atoms with van der Waals surface area (Å²) in [6.45, 7) is 0. The second-order valence-corrected chi connectivity index (χ2v) is 4.72. The monoisotopic (exact) mass is 298 g/mol. The highest BCUT2D eigenvalue weighted by atomic mass is 79.9. The van der Waals surface area contributed by atoms with E-state index in [1.165, 1.54) is 0 Å². The normalized spacial score (nSPS) is 10.3. The van der Waals surface area contributed by atoms with Crippen molar-refractivity contribution in [1.82, 2.24) is 9.97 Å². The Labute approximate surface area is 104 Å². The van der Waals surface area contributed by atoms with Crippen molar-refractivity contribution in [1.29, 1.82) is 0 Å². The quantitative estimate of drug-likeness (QED) is 0.650. The van der Waals surface area contributed by atoms with E-state index < -0.39 is 0 Å². The highest BCUT2D eigenvalue weighted by Gasteiger charge is 2.19. The van der Waals surface area contributed by atoms with Crippen LogP contribution in [0.2, 0.25) is 0 Å². The number of nitrogen functional groups attached to an aromatic ring is 2. The Hall–Kier alpha value is -1.47. The Morgan fingerprint density at radius 1 is 1.44 bits per heavy atom. The molecule has 16 heavy (non-hydrogen) atoms. The van der Waals surface area contributed by atoms with E-state index in [1.54, 1.807) is 18.3 Å². The number of rotatable bonds is 2. The second kappa shape index (κ2) is 4.18. The van der Waals surface area contributed by atoms with E-state index in [1.807, 2.05) is 0 Å². The minimum Gasteiger partial charge on any atom is -0.382 e. The molecule has 0 amide bonds. The lowest BCUT2D eigenvalue weighted by molar-refractivity contribution is 0.104. The molecule has 2 rings (SSSR count). The van der Waals surface area contributed by atoms with Crippen molar-refractivity contribution in [3.8, 4) is 0 Å². The third-order valence-corrected chi connectivity index (χ3v) is 3.41. The van der Waals surface area contributed by atoms with Crippen LogP contribution in [0.5, 0.6) is 0 Å². The third kappa shape index (κ3) is 1.91. The Bertz CT molecular complexity index is 554. The van der Waals surface area contributed by atoms with E-state index in [-0.39, 0.29) is 16.7 Å². The first-order valence-electron chi connectivity index (χ1n) is 4.26. The molecular weight excluding hydrogens is 292 g/mol. The summed E-state index contributed by atoms with van der Waals surface area (Å²) in [7, 11) is 0. The minimum absolute atomic E-state index is 0.156. The van der Waals surface area contributed by atoms with Gasteiger partial charge >= 0.3 is 0 Å². The summed E-state index contributed by atoms with van der Waals surface area (Å²) in [6.07, 6.45) is 1.59. The fourth-order valence-electron chi connectivity index (χ4n) is 1.19. The summed E-state index contributed by atoms with van der Waals surface area (Å²) >= 11 is 4.28. The zero-order valence-corrected chi connectivity index (χ0v) is 10.4. The first kappa shape index (κ1) is 11.0. The summed E-state index contributed by atoms with van der Waals surface area (Å²) in [5, 5.41) is 0.279. The topological polar surface area (TPSA) is 94.9 Å². The van der Waals surface area contributed by atoms with E-state index in [0.29, 0.717) is 15.0 Å². The van der Waals surface area contributed by atoms with Crippen LogP contribution in [-0.2, 0) is 0 Å². The number of anilines is 2. The zero-order chi connectivity index (χ0) is 11.7. The van der Waals surface area contributed by atoms with Gasteiger partial charge in [-0.05, 0) is 28.1 Å². The fraction of sp³-hybridized carbons (Fsp3) is 0. The summed E-state index contributed by atoms with van der Waals surface area (Å²) < 4.78 is 0.478. The van der Waals surface area contributed by atoms with Gasteiger partial charge in [0.25, 0.3) is 0 Å². The van der Waals surface area contributed by atoms with Crippen LogP contribution in [0.3, 0.4) is 0 Å². The van der Waals surface area contributed by atoms with Crippen LogP contribution in [-0.4, -0.2) is 15.8 Å². The average Bonchev–Trinajstić information content (AvgIpc) is 2.58. The van der Waals surface area contributed by atoms with E-state index in [4.69, 9.17) is 11.5 Å². The highest BCUT2D eigenvalue weighted by Crippen LogP contribution is 2.27. The molecule has 0 bridgehead atoms. The molecule has 0 radical (unpaired) electrons. The molecule has 2 heterocycles.